The van der Waals surface area contributed by atoms with Crippen molar-refractivity contribution in [2.24, 2.45) is 0 Å². The van der Waals surface area contributed by atoms with Crippen LogP contribution in [0.3, 0.4) is 0 Å². The lowest BCUT2D eigenvalue weighted by Gasteiger charge is -2.32. The van der Waals surface area contributed by atoms with Gasteiger partial charge in [-0.25, -0.2) is 19.6 Å². The van der Waals surface area contributed by atoms with E-state index in [1.807, 2.05) is 0 Å². The van der Waals surface area contributed by atoms with Crippen molar-refractivity contribution in [3.8, 4) is 22.5 Å². The largest absolute Gasteiger partial charge is 0.473 e. The van der Waals surface area contributed by atoms with Crippen molar-refractivity contribution in [1.82, 2.24) is 28.9 Å². The van der Waals surface area contributed by atoms with Crippen molar-refractivity contribution in [2.45, 2.75) is 128 Å². The van der Waals surface area contributed by atoms with Crippen molar-refractivity contribution in [3.63, 3.8) is 0 Å². The summed E-state index contributed by atoms with van der Waals surface area (Å²) in [5.41, 5.74) is 12.7. The van der Waals surface area contributed by atoms with Gasteiger partial charge in [0.1, 0.15) is 23.9 Å². The third kappa shape index (κ3) is 12.9. The van der Waals surface area contributed by atoms with Gasteiger partial charge in [0.2, 0.25) is 0 Å². The highest BCUT2D eigenvalue weighted by molar-refractivity contribution is 6.27. The Morgan fingerprint density at radius 3 is 1.27 bits per heavy atom. The molecular weight excluding hydrogens is 877 g/mol. The Morgan fingerprint density at radius 1 is 0.543 bits per heavy atom. The van der Waals surface area contributed by atoms with Crippen LogP contribution in [0.1, 0.15) is 122 Å². The normalized spacial score (nSPS) is 18.3. The summed E-state index contributed by atoms with van der Waals surface area (Å²) in [5.74, 6) is -1.54. The summed E-state index contributed by atoms with van der Waals surface area (Å²) >= 11 is 0. The number of ether oxygens (including phenoxy) is 2. The fourth-order valence-electron chi connectivity index (χ4n) is 10.1. The van der Waals surface area contributed by atoms with E-state index in [0.717, 1.165) is 114 Å². The molecule has 2 saturated heterocycles. The lowest BCUT2D eigenvalue weighted by Crippen LogP contribution is -2.35. The molecule has 370 valence electrons. The Labute approximate surface area is 414 Å². The summed E-state index contributed by atoms with van der Waals surface area (Å²) in [7, 11) is 4.40. The number of piperidine rings is 2. The van der Waals surface area contributed by atoms with Crippen LogP contribution in [0, 0.1) is 0 Å². The molecular formula is C58H72N6O6. The van der Waals surface area contributed by atoms with E-state index in [9.17, 15) is 0 Å². The third-order valence-electron chi connectivity index (χ3n) is 14.3. The molecule has 0 bridgehead atoms. The van der Waals surface area contributed by atoms with Crippen molar-refractivity contribution < 1.29 is 29.3 Å². The van der Waals surface area contributed by atoms with Gasteiger partial charge < -0.3 is 38.6 Å². The fourth-order valence-corrected chi connectivity index (χ4v) is 10.1. The molecule has 12 heteroatoms. The summed E-state index contributed by atoms with van der Waals surface area (Å²) in [5, 5.41) is 14.8. The third-order valence-corrected chi connectivity index (χ3v) is 14.3. The lowest BCUT2D eigenvalue weighted by molar-refractivity contribution is -0.159. The number of unbranched alkanes of at least 4 members (excludes halogenated alkanes) is 2. The minimum Gasteiger partial charge on any atom is -0.473 e. The number of hydrogen-bond donors (Lipinski definition) is 2. The predicted octanol–water partition coefficient (Wildman–Crippen LogP) is 10.5. The highest BCUT2D eigenvalue weighted by Crippen LogP contribution is 2.38. The van der Waals surface area contributed by atoms with Crippen LogP contribution in [0.25, 0.3) is 22.5 Å². The summed E-state index contributed by atoms with van der Waals surface area (Å²) < 4.78 is 18.3. The molecule has 2 fully saturated rings. The maximum atomic E-state index is 9.10. The molecule has 0 spiro atoms. The fraction of sp³-hybridized carbons (Fsp3) is 0.448. The second kappa shape index (κ2) is 24.3. The van der Waals surface area contributed by atoms with Crippen molar-refractivity contribution in [2.75, 3.05) is 40.3 Å². The second-order valence-electron chi connectivity index (χ2n) is 19.5. The number of aromatic nitrogens is 4. The Morgan fingerprint density at radius 2 is 0.914 bits per heavy atom. The molecule has 6 heterocycles. The number of nitrogens with zero attached hydrogens (tertiary/aromatic N) is 6. The van der Waals surface area contributed by atoms with Gasteiger partial charge in [0.15, 0.2) is 0 Å². The number of carboxylic acid groups (broad SMARTS) is 2. The zero-order chi connectivity index (χ0) is 49.0. The standard InChI is InChI=1S/2C28H35N3O.C2H2O4/c2*1-3-4-7-21-10-12-23(13-11-21)26-20-31-19-14-22-8-5-6-9-25(22)27(28(31)29-26)32-24-15-17-30(2)18-16-24;3-1(4)2(5)6/h2*5-6,8-13,20,24,27H,3-4,7,14-19H2,1-2H3;(H,3,4)(H,5,6). The van der Waals surface area contributed by atoms with E-state index >= 15 is 0 Å². The van der Waals surface area contributed by atoms with Gasteiger partial charge in [-0.2, -0.15) is 0 Å². The Hall–Kier alpha value is -5.92. The molecule has 0 aliphatic carbocycles. The van der Waals surface area contributed by atoms with Gasteiger partial charge in [0.25, 0.3) is 0 Å². The quantitative estimate of drug-likeness (QED) is 0.114. The number of likely N-dealkylation sites (tertiary alicyclic amines) is 2. The van der Waals surface area contributed by atoms with Gasteiger partial charge in [0.05, 0.1) is 23.6 Å². The van der Waals surface area contributed by atoms with E-state index in [1.54, 1.807) is 0 Å². The Balaban J connectivity index is 0.000000169. The minimum atomic E-state index is -1.82. The Bertz CT molecular complexity index is 2440. The molecule has 0 radical (unpaired) electrons. The number of aliphatic carboxylic acids is 2. The first kappa shape index (κ1) is 50.5. The highest BCUT2D eigenvalue weighted by Gasteiger charge is 2.32. The smallest absolute Gasteiger partial charge is 0.414 e. The van der Waals surface area contributed by atoms with Gasteiger partial charge in [-0.1, -0.05) is 124 Å². The first-order valence-corrected chi connectivity index (χ1v) is 25.7. The van der Waals surface area contributed by atoms with Gasteiger partial charge in [-0.15, -0.1) is 0 Å². The van der Waals surface area contributed by atoms with Crippen molar-refractivity contribution in [3.05, 3.63) is 154 Å². The molecule has 6 aromatic rings. The molecule has 2 atom stereocenters. The first-order chi connectivity index (χ1) is 34.1. The van der Waals surface area contributed by atoms with Gasteiger partial charge in [-0.3, -0.25) is 0 Å². The summed E-state index contributed by atoms with van der Waals surface area (Å²) in [6.45, 7) is 10.8. The van der Waals surface area contributed by atoms with Crippen LogP contribution in [-0.4, -0.2) is 104 Å². The van der Waals surface area contributed by atoms with Gasteiger partial charge >= 0.3 is 11.9 Å². The molecule has 4 aliphatic heterocycles. The maximum absolute atomic E-state index is 9.10. The van der Waals surface area contributed by atoms with E-state index in [-0.39, 0.29) is 24.4 Å². The van der Waals surface area contributed by atoms with E-state index < -0.39 is 11.9 Å². The van der Waals surface area contributed by atoms with Gasteiger partial charge in [0, 0.05) is 62.8 Å². The van der Waals surface area contributed by atoms with Crippen LogP contribution in [-0.2, 0) is 57.8 Å². The average Bonchev–Trinajstić information content (AvgIpc) is 3.94. The van der Waals surface area contributed by atoms with Crippen LogP contribution in [0.15, 0.2) is 109 Å². The van der Waals surface area contributed by atoms with Gasteiger partial charge in [-0.05, 0) is 112 Å². The zero-order valence-electron chi connectivity index (χ0n) is 41.6. The molecule has 0 saturated carbocycles. The van der Waals surface area contributed by atoms with Crippen LogP contribution in [0.4, 0.5) is 0 Å². The number of rotatable bonds is 12. The lowest BCUT2D eigenvalue weighted by atomic mass is 10.00. The highest BCUT2D eigenvalue weighted by atomic mass is 16.5. The number of hydrogen-bond acceptors (Lipinski definition) is 8. The molecule has 2 unspecified atom stereocenters. The van der Waals surface area contributed by atoms with E-state index in [0.29, 0.717) is 0 Å². The van der Waals surface area contributed by atoms with Crippen molar-refractivity contribution in [1.29, 1.82) is 0 Å². The summed E-state index contributed by atoms with van der Waals surface area (Å²) in [6, 6.07) is 35.5. The molecule has 12 nitrogen and oxygen atoms in total. The molecule has 4 aromatic carbocycles. The van der Waals surface area contributed by atoms with E-state index in [2.05, 4.69) is 156 Å². The molecule has 2 N–H and O–H groups in total. The maximum Gasteiger partial charge on any atom is 0.414 e. The molecule has 0 amide bonds. The second-order valence-corrected chi connectivity index (χ2v) is 19.5. The number of carboxylic acids is 2. The van der Waals surface area contributed by atoms with Crippen LogP contribution in [0.2, 0.25) is 0 Å². The zero-order valence-corrected chi connectivity index (χ0v) is 41.6. The monoisotopic (exact) mass is 949 g/mol. The molecule has 70 heavy (non-hydrogen) atoms. The SMILES string of the molecule is CCCCc1ccc(-c2cn3c(n2)C(OC2CCN(C)CC2)c2ccccc2CC3)cc1.CCCCc1ccc(-c2cn3c(n2)C(OC2CCN(C)CC2)c2ccccc2CC3)cc1.O=C(O)C(=O)O. The predicted molar refractivity (Wildman–Crippen MR) is 275 cm³/mol. The number of aryl methyl sites for hydroxylation is 6. The minimum absolute atomic E-state index is 0.0975. The summed E-state index contributed by atoms with van der Waals surface area (Å²) in [4.78, 5) is 33.3. The van der Waals surface area contributed by atoms with Crippen LogP contribution in [0.5, 0.6) is 0 Å². The number of imidazole rings is 2. The molecule has 10 rings (SSSR count). The van der Waals surface area contributed by atoms with E-state index in [1.165, 1.54) is 70.2 Å². The van der Waals surface area contributed by atoms with E-state index in [4.69, 9.17) is 39.2 Å². The van der Waals surface area contributed by atoms with Crippen LogP contribution >= 0.6 is 0 Å². The topological polar surface area (TPSA) is 135 Å². The number of carbonyl (C=O) groups is 2. The number of benzene rings is 4. The molecule has 2 aromatic heterocycles. The Kier molecular flexibility index (Phi) is 17.5. The van der Waals surface area contributed by atoms with Crippen molar-refractivity contribution >= 4 is 11.9 Å². The molecule has 4 aliphatic rings. The first-order valence-electron chi connectivity index (χ1n) is 25.7. The number of fused-ring (bicyclic) bond motifs is 4. The summed E-state index contributed by atoms with van der Waals surface area (Å²) in [6.07, 6.45) is 18.5. The average molecular weight is 949 g/mol. The van der Waals surface area contributed by atoms with Crippen LogP contribution < -0.4 is 0 Å².